The number of carbonyl (C=O) groups is 1. The number of hydrogen-bond acceptors (Lipinski definition) is 6. The maximum atomic E-state index is 13.5. The summed E-state index contributed by atoms with van der Waals surface area (Å²) < 4.78 is 38.6. The van der Waals surface area contributed by atoms with Gasteiger partial charge in [0.2, 0.25) is 0 Å². The van der Waals surface area contributed by atoms with Crippen LogP contribution in [-0.2, 0) is 16.0 Å². The fourth-order valence-corrected chi connectivity index (χ4v) is 4.98. The van der Waals surface area contributed by atoms with Crippen LogP contribution in [0.1, 0.15) is 70.4 Å². The van der Waals surface area contributed by atoms with Gasteiger partial charge in [-0.3, -0.25) is 9.97 Å². The molecule has 1 atom stereocenters. The number of piperidine rings is 1. The molecular formula is C32H39F2N3O4. The number of aliphatic carboxylic acids is 1. The van der Waals surface area contributed by atoms with Crippen LogP contribution in [-0.4, -0.2) is 46.3 Å². The van der Waals surface area contributed by atoms with Crippen LogP contribution in [0.2, 0.25) is 0 Å². The van der Waals surface area contributed by atoms with E-state index in [0.717, 1.165) is 43.2 Å². The zero-order valence-electron chi connectivity index (χ0n) is 24.6. The molecule has 1 aromatic carbocycles. The van der Waals surface area contributed by atoms with Crippen LogP contribution in [0.3, 0.4) is 0 Å². The second-order valence-corrected chi connectivity index (χ2v) is 12.3. The maximum Gasteiger partial charge on any atom is 0.337 e. The van der Waals surface area contributed by atoms with Crippen LogP contribution in [0.5, 0.6) is 5.75 Å². The van der Waals surface area contributed by atoms with Crippen LogP contribution in [0, 0.1) is 24.0 Å². The summed E-state index contributed by atoms with van der Waals surface area (Å²) in [7, 11) is 0. The van der Waals surface area contributed by atoms with E-state index >= 15 is 0 Å². The first-order chi connectivity index (χ1) is 19.2. The summed E-state index contributed by atoms with van der Waals surface area (Å²) in [5, 5.41) is 10.3. The largest absolute Gasteiger partial charge is 0.492 e. The Hall–Kier alpha value is -3.59. The smallest absolute Gasteiger partial charge is 0.337 e. The first-order valence-electron chi connectivity index (χ1n) is 13.9. The lowest BCUT2D eigenvalue weighted by Gasteiger charge is -2.40. The molecule has 2 aromatic heterocycles. The van der Waals surface area contributed by atoms with Crippen molar-refractivity contribution in [2.75, 3.05) is 24.6 Å². The first-order valence-corrected chi connectivity index (χ1v) is 13.9. The normalized spacial score (nSPS) is 16.0. The summed E-state index contributed by atoms with van der Waals surface area (Å²) in [6.45, 7) is 13.6. The Kier molecular flexibility index (Phi) is 8.97. The molecule has 1 N–H and O–H groups in total. The van der Waals surface area contributed by atoms with Gasteiger partial charge < -0.3 is 19.5 Å². The van der Waals surface area contributed by atoms with Crippen molar-refractivity contribution in [2.45, 2.75) is 72.5 Å². The number of benzene rings is 1. The van der Waals surface area contributed by atoms with E-state index in [4.69, 9.17) is 9.47 Å². The van der Waals surface area contributed by atoms with Crippen molar-refractivity contribution in [1.29, 1.82) is 0 Å². The molecular weight excluding hydrogens is 528 g/mol. The summed E-state index contributed by atoms with van der Waals surface area (Å²) >= 11 is 0. The van der Waals surface area contributed by atoms with Gasteiger partial charge in [-0.2, -0.15) is 0 Å². The van der Waals surface area contributed by atoms with Gasteiger partial charge >= 0.3 is 5.97 Å². The highest BCUT2D eigenvalue weighted by molar-refractivity contribution is 5.85. The van der Waals surface area contributed by atoms with E-state index in [2.05, 4.69) is 28.7 Å². The van der Waals surface area contributed by atoms with Crippen molar-refractivity contribution in [3.8, 4) is 17.0 Å². The predicted octanol–water partition coefficient (Wildman–Crippen LogP) is 6.92. The molecule has 0 radical (unpaired) electrons. The number of carboxylic acids is 1. The molecule has 9 heteroatoms. The molecule has 220 valence electrons. The fraction of sp³-hybridized carbons (Fsp3) is 0.469. The number of pyridine rings is 2. The van der Waals surface area contributed by atoms with Crippen LogP contribution in [0.25, 0.3) is 11.3 Å². The summed E-state index contributed by atoms with van der Waals surface area (Å²) in [5.74, 6) is -2.31. The Bertz CT molecular complexity index is 1380. The van der Waals surface area contributed by atoms with Crippen LogP contribution in [0.15, 0.2) is 42.7 Å². The topological polar surface area (TPSA) is 84.8 Å². The third kappa shape index (κ3) is 7.58. The zero-order chi connectivity index (χ0) is 29.9. The van der Waals surface area contributed by atoms with Crippen molar-refractivity contribution in [3.63, 3.8) is 0 Å². The molecule has 1 fully saturated rings. The Morgan fingerprint density at radius 3 is 2.37 bits per heavy atom. The van der Waals surface area contributed by atoms with Crippen LogP contribution < -0.4 is 9.64 Å². The standard InChI is InChI=1S/C32H39F2N3O4/c1-20-27(29(30(38)39)41-31(2,3)4)28(37-14-12-32(5,6)13-15-37)23(19-35-20)26-10-8-22(18-36-26)40-16-11-21-7-9-24(33)25(34)17-21/h7-10,17-19,29H,11-16H2,1-6H3,(H,38,39). The molecule has 7 nitrogen and oxygen atoms in total. The van der Waals surface area contributed by atoms with Gasteiger partial charge in [0.15, 0.2) is 17.7 Å². The van der Waals surface area contributed by atoms with Gasteiger partial charge in [0.1, 0.15) is 5.75 Å². The minimum atomic E-state index is -1.20. The average molecular weight is 568 g/mol. The number of aryl methyl sites for hydroxylation is 1. The Morgan fingerprint density at radius 2 is 1.78 bits per heavy atom. The molecule has 0 aliphatic carbocycles. The summed E-state index contributed by atoms with van der Waals surface area (Å²) in [6.07, 6.45) is 4.47. The number of carboxylic acid groups (broad SMARTS) is 1. The summed E-state index contributed by atoms with van der Waals surface area (Å²) in [6, 6.07) is 7.41. The Morgan fingerprint density at radius 1 is 1.07 bits per heavy atom. The number of ether oxygens (including phenoxy) is 2. The number of nitrogens with zero attached hydrogens (tertiary/aromatic N) is 3. The Balaban J connectivity index is 1.66. The number of halogens is 2. The van der Waals surface area contributed by atoms with E-state index in [9.17, 15) is 18.7 Å². The molecule has 3 aromatic rings. The third-order valence-corrected chi connectivity index (χ3v) is 7.33. The number of anilines is 1. The van der Waals surface area contributed by atoms with Gasteiger partial charge in [-0.25, -0.2) is 13.6 Å². The van der Waals surface area contributed by atoms with E-state index < -0.39 is 29.3 Å². The highest BCUT2D eigenvalue weighted by atomic mass is 19.2. The lowest BCUT2D eigenvalue weighted by molar-refractivity contribution is -0.160. The monoisotopic (exact) mass is 567 g/mol. The van der Waals surface area contributed by atoms with Gasteiger partial charge in [-0.15, -0.1) is 0 Å². The number of aromatic nitrogens is 2. The summed E-state index contributed by atoms with van der Waals surface area (Å²) in [5.41, 5.74) is 3.42. The van der Waals surface area contributed by atoms with Crippen molar-refractivity contribution in [2.24, 2.45) is 5.41 Å². The number of rotatable bonds is 9. The predicted molar refractivity (Wildman–Crippen MR) is 154 cm³/mol. The molecule has 4 rings (SSSR count). The third-order valence-electron chi connectivity index (χ3n) is 7.33. The minimum Gasteiger partial charge on any atom is -0.492 e. The molecule has 0 amide bonds. The molecule has 0 saturated carbocycles. The van der Waals surface area contributed by atoms with E-state index in [1.54, 1.807) is 18.5 Å². The fourth-order valence-electron chi connectivity index (χ4n) is 4.98. The molecule has 0 bridgehead atoms. The van der Waals surface area contributed by atoms with Crippen LogP contribution in [0.4, 0.5) is 14.5 Å². The minimum absolute atomic E-state index is 0.198. The highest BCUT2D eigenvalue weighted by Gasteiger charge is 2.36. The molecule has 1 unspecified atom stereocenters. The molecule has 1 aliphatic rings. The van der Waals surface area contributed by atoms with Gasteiger partial charge in [0, 0.05) is 42.5 Å². The number of hydrogen-bond donors (Lipinski definition) is 1. The second kappa shape index (κ2) is 12.1. The lowest BCUT2D eigenvalue weighted by Crippen LogP contribution is -2.39. The molecule has 0 spiro atoms. The lowest BCUT2D eigenvalue weighted by atomic mass is 9.82. The van der Waals surface area contributed by atoms with Gasteiger partial charge in [0.25, 0.3) is 0 Å². The first kappa shape index (κ1) is 30.4. The van der Waals surface area contributed by atoms with Crippen molar-refractivity contribution < 1.29 is 28.2 Å². The quantitative estimate of drug-likeness (QED) is 0.300. The average Bonchev–Trinajstić information content (AvgIpc) is 2.89. The van der Waals surface area contributed by atoms with E-state index in [1.807, 2.05) is 33.8 Å². The summed E-state index contributed by atoms with van der Waals surface area (Å²) in [4.78, 5) is 24.0. The molecule has 41 heavy (non-hydrogen) atoms. The van der Waals surface area contributed by atoms with Crippen molar-refractivity contribution >= 4 is 11.7 Å². The van der Waals surface area contributed by atoms with E-state index in [0.29, 0.717) is 34.7 Å². The second-order valence-electron chi connectivity index (χ2n) is 12.3. The van der Waals surface area contributed by atoms with Gasteiger partial charge in [0.05, 0.1) is 29.8 Å². The molecule has 1 aliphatic heterocycles. The SMILES string of the molecule is Cc1ncc(-c2ccc(OCCc3ccc(F)c(F)c3)cn2)c(N2CCC(C)(C)CC2)c1C(OC(C)(C)C)C(=O)O. The van der Waals surface area contributed by atoms with Crippen molar-refractivity contribution in [3.05, 3.63) is 71.2 Å². The molecule has 3 heterocycles. The molecule has 1 saturated heterocycles. The van der Waals surface area contributed by atoms with Crippen LogP contribution >= 0.6 is 0 Å². The zero-order valence-corrected chi connectivity index (χ0v) is 24.6. The van der Waals surface area contributed by atoms with E-state index in [-0.39, 0.29) is 12.0 Å². The van der Waals surface area contributed by atoms with E-state index in [1.165, 1.54) is 12.1 Å². The highest BCUT2D eigenvalue weighted by Crippen LogP contribution is 2.43. The Labute approximate surface area is 240 Å². The van der Waals surface area contributed by atoms with Gasteiger partial charge in [-0.05, 0) is 75.8 Å². The van der Waals surface area contributed by atoms with Crippen molar-refractivity contribution in [1.82, 2.24) is 9.97 Å². The maximum absolute atomic E-state index is 13.5. The van der Waals surface area contributed by atoms with Gasteiger partial charge in [-0.1, -0.05) is 19.9 Å².